The summed E-state index contributed by atoms with van der Waals surface area (Å²) in [6.07, 6.45) is 3.56. The number of rotatable bonds is 4. The largest absolute Gasteiger partial charge is 0.366 e. The van der Waals surface area contributed by atoms with Gasteiger partial charge < -0.3 is 14.2 Å². The Morgan fingerprint density at radius 1 is 1.29 bits per heavy atom. The highest BCUT2D eigenvalue weighted by Gasteiger charge is 2.32. The predicted octanol–water partition coefficient (Wildman–Crippen LogP) is 2.82. The molecule has 0 aliphatic carbocycles. The minimum absolute atomic E-state index is 0.0526. The minimum Gasteiger partial charge on any atom is -0.366 e. The van der Waals surface area contributed by atoms with Crippen LogP contribution in [0.3, 0.4) is 0 Å². The van der Waals surface area contributed by atoms with Gasteiger partial charge in [0, 0.05) is 18.9 Å². The summed E-state index contributed by atoms with van der Waals surface area (Å²) in [5.41, 5.74) is 1.12. The number of imidazole rings is 1. The lowest BCUT2D eigenvalue weighted by Gasteiger charge is -2.40. The van der Waals surface area contributed by atoms with E-state index in [2.05, 4.69) is 31.0 Å². The van der Waals surface area contributed by atoms with E-state index >= 15 is 0 Å². The topological polar surface area (TPSA) is 47.4 Å². The molecule has 0 bridgehead atoms. The number of benzene rings is 1. The molecule has 5 heteroatoms. The summed E-state index contributed by atoms with van der Waals surface area (Å²) in [6.45, 7) is 7.77. The molecule has 1 fully saturated rings. The van der Waals surface area contributed by atoms with Crippen LogP contribution in [0.2, 0.25) is 0 Å². The van der Waals surface area contributed by atoms with Gasteiger partial charge in [-0.2, -0.15) is 0 Å². The van der Waals surface area contributed by atoms with Gasteiger partial charge in [0.2, 0.25) is 5.91 Å². The summed E-state index contributed by atoms with van der Waals surface area (Å²) in [7, 11) is 0. The Bertz CT molecular complexity index is 681. The zero-order valence-electron chi connectivity index (χ0n) is 14.6. The predicted molar refractivity (Wildman–Crippen MR) is 92.4 cm³/mol. The van der Waals surface area contributed by atoms with E-state index in [0.29, 0.717) is 25.6 Å². The quantitative estimate of drug-likeness (QED) is 0.867. The van der Waals surface area contributed by atoms with Gasteiger partial charge in [0.25, 0.3) is 0 Å². The molecule has 24 heavy (non-hydrogen) atoms. The fourth-order valence-electron chi connectivity index (χ4n) is 3.03. The van der Waals surface area contributed by atoms with Gasteiger partial charge in [0.1, 0.15) is 18.5 Å². The van der Waals surface area contributed by atoms with Crippen LogP contribution in [0.1, 0.15) is 31.3 Å². The Kier molecular flexibility index (Phi) is 5.00. The third-order valence-corrected chi connectivity index (χ3v) is 4.62. The highest BCUT2D eigenvalue weighted by Crippen LogP contribution is 2.28. The van der Waals surface area contributed by atoms with E-state index < -0.39 is 0 Å². The summed E-state index contributed by atoms with van der Waals surface area (Å²) in [6, 6.07) is 10.2. The van der Waals surface area contributed by atoms with Crippen molar-refractivity contribution < 1.29 is 9.53 Å². The van der Waals surface area contributed by atoms with Crippen molar-refractivity contribution in [2.24, 2.45) is 5.92 Å². The van der Waals surface area contributed by atoms with Crippen LogP contribution in [0.5, 0.6) is 0 Å². The number of carbonyl (C=O) groups excluding carboxylic acids is 1. The molecule has 0 saturated carbocycles. The molecule has 128 valence electrons. The van der Waals surface area contributed by atoms with E-state index in [0.717, 1.165) is 11.4 Å². The van der Waals surface area contributed by atoms with Crippen molar-refractivity contribution in [3.63, 3.8) is 0 Å². The lowest BCUT2D eigenvalue weighted by Crippen LogP contribution is -2.49. The van der Waals surface area contributed by atoms with Crippen molar-refractivity contribution in [3.8, 4) is 0 Å². The third-order valence-electron chi connectivity index (χ3n) is 4.62. The number of carbonyl (C=O) groups is 1. The van der Waals surface area contributed by atoms with Crippen molar-refractivity contribution in [2.45, 2.75) is 39.5 Å². The molecule has 1 saturated heterocycles. The number of aromatic nitrogens is 2. The SMILES string of the molecule is Cc1nccn1CC(=O)N1C[C@@H](c2ccccc2)O[C@@H](C(C)C)C1. The van der Waals surface area contributed by atoms with Gasteiger partial charge in [-0.3, -0.25) is 4.79 Å². The second kappa shape index (κ2) is 7.18. The molecule has 3 rings (SSSR count). The Morgan fingerprint density at radius 2 is 2.04 bits per heavy atom. The molecule has 0 N–H and O–H groups in total. The first-order chi connectivity index (χ1) is 11.5. The monoisotopic (exact) mass is 327 g/mol. The Hall–Kier alpha value is -2.14. The number of hydrogen-bond acceptors (Lipinski definition) is 3. The van der Waals surface area contributed by atoms with Crippen LogP contribution >= 0.6 is 0 Å². The number of morpholine rings is 1. The smallest absolute Gasteiger partial charge is 0.242 e. The third kappa shape index (κ3) is 3.67. The highest BCUT2D eigenvalue weighted by atomic mass is 16.5. The number of nitrogens with zero attached hydrogens (tertiary/aromatic N) is 3. The Balaban J connectivity index is 1.76. The van der Waals surface area contributed by atoms with E-state index in [-0.39, 0.29) is 18.1 Å². The Morgan fingerprint density at radius 3 is 2.67 bits per heavy atom. The molecule has 2 atom stereocenters. The van der Waals surface area contributed by atoms with Gasteiger partial charge in [-0.05, 0) is 18.4 Å². The van der Waals surface area contributed by atoms with Gasteiger partial charge in [0.15, 0.2) is 0 Å². The molecule has 0 unspecified atom stereocenters. The maximum Gasteiger partial charge on any atom is 0.242 e. The maximum atomic E-state index is 12.8. The summed E-state index contributed by atoms with van der Waals surface area (Å²) < 4.78 is 8.15. The number of amides is 1. The summed E-state index contributed by atoms with van der Waals surface area (Å²) in [4.78, 5) is 18.9. The first kappa shape index (κ1) is 16.7. The molecule has 0 radical (unpaired) electrons. The van der Waals surface area contributed by atoms with Crippen LogP contribution in [-0.4, -0.2) is 39.6 Å². The second-order valence-electron chi connectivity index (χ2n) is 6.72. The molecule has 2 heterocycles. The van der Waals surface area contributed by atoms with Crippen LogP contribution in [-0.2, 0) is 16.1 Å². The molecular formula is C19H25N3O2. The van der Waals surface area contributed by atoms with Gasteiger partial charge in [-0.25, -0.2) is 4.98 Å². The molecule has 0 spiro atoms. The standard InChI is InChI=1S/C19H25N3O2/c1-14(2)17-11-22(19(23)13-21-10-9-20-15(21)3)12-18(24-17)16-7-5-4-6-8-16/h4-10,14,17-18H,11-13H2,1-3H3/t17-,18+/m1/s1. The van der Waals surface area contributed by atoms with Crippen LogP contribution in [0.15, 0.2) is 42.7 Å². The number of aryl methyl sites for hydroxylation is 1. The number of ether oxygens (including phenoxy) is 1. The van der Waals surface area contributed by atoms with E-state index in [1.807, 2.05) is 40.8 Å². The van der Waals surface area contributed by atoms with Gasteiger partial charge in [-0.15, -0.1) is 0 Å². The Labute approximate surface area is 143 Å². The summed E-state index contributed by atoms with van der Waals surface area (Å²) in [5, 5.41) is 0. The lowest BCUT2D eigenvalue weighted by atomic mass is 10.0. The normalized spacial score (nSPS) is 21.2. The van der Waals surface area contributed by atoms with Gasteiger partial charge in [0.05, 0.1) is 12.6 Å². The van der Waals surface area contributed by atoms with Crippen molar-refractivity contribution in [3.05, 3.63) is 54.1 Å². The lowest BCUT2D eigenvalue weighted by molar-refractivity contribution is -0.150. The first-order valence-corrected chi connectivity index (χ1v) is 8.50. The van der Waals surface area contributed by atoms with E-state index in [4.69, 9.17) is 4.74 Å². The van der Waals surface area contributed by atoms with Crippen LogP contribution in [0.4, 0.5) is 0 Å². The molecule has 1 aliphatic rings. The molecular weight excluding hydrogens is 302 g/mol. The average Bonchev–Trinajstić information content (AvgIpc) is 3.00. The minimum atomic E-state index is -0.0693. The van der Waals surface area contributed by atoms with Crippen LogP contribution in [0.25, 0.3) is 0 Å². The van der Waals surface area contributed by atoms with Crippen molar-refractivity contribution in [1.82, 2.24) is 14.5 Å². The van der Waals surface area contributed by atoms with E-state index in [1.54, 1.807) is 6.20 Å². The maximum absolute atomic E-state index is 12.8. The molecule has 1 aromatic heterocycles. The zero-order chi connectivity index (χ0) is 17.1. The fraction of sp³-hybridized carbons (Fsp3) is 0.474. The van der Waals surface area contributed by atoms with Crippen LogP contribution < -0.4 is 0 Å². The summed E-state index contributed by atoms with van der Waals surface area (Å²) >= 11 is 0. The molecule has 1 aromatic carbocycles. The zero-order valence-corrected chi connectivity index (χ0v) is 14.6. The van der Waals surface area contributed by atoms with Gasteiger partial charge in [-0.1, -0.05) is 44.2 Å². The van der Waals surface area contributed by atoms with E-state index in [1.165, 1.54) is 0 Å². The van der Waals surface area contributed by atoms with Crippen LogP contribution in [0, 0.1) is 12.8 Å². The first-order valence-electron chi connectivity index (χ1n) is 8.50. The van der Waals surface area contributed by atoms with Gasteiger partial charge >= 0.3 is 0 Å². The highest BCUT2D eigenvalue weighted by molar-refractivity contribution is 5.76. The van der Waals surface area contributed by atoms with Crippen molar-refractivity contribution in [2.75, 3.05) is 13.1 Å². The molecule has 2 aromatic rings. The second-order valence-corrected chi connectivity index (χ2v) is 6.72. The molecule has 1 aliphatic heterocycles. The van der Waals surface area contributed by atoms with Crippen molar-refractivity contribution in [1.29, 1.82) is 0 Å². The fourth-order valence-corrected chi connectivity index (χ4v) is 3.03. The average molecular weight is 327 g/mol. The molecule has 5 nitrogen and oxygen atoms in total. The number of hydrogen-bond donors (Lipinski definition) is 0. The molecule has 1 amide bonds. The summed E-state index contributed by atoms with van der Waals surface area (Å²) in [5.74, 6) is 1.34. The van der Waals surface area contributed by atoms with E-state index in [9.17, 15) is 4.79 Å². The van der Waals surface area contributed by atoms with Crippen molar-refractivity contribution >= 4 is 5.91 Å².